The van der Waals surface area contributed by atoms with Crippen LogP contribution in [0.15, 0.2) is 59.5 Å². The van der Waals surface area contributed by atoms with Gasteiger partial charge in [0.2, 0.25) is 5.91 Å². The van der Waals surface area contributed by atoms with Crippen LogP contribution in [-0.4, -0.2) is 30.7 Å². The van der Waals surface area contributed by atoms with E-state index in [0.29, 0.717) is 18.0 Å². The molecular formula is C21H24N2O3S. The van der Waals surface area contributed by atoms with E-state index < -0.39 is 0 Å². The Morgan fingerprint density at radius 1 is 1.07 bits per heavy atom. The zero-order chi connectivity index (χ0) is 18.9. The van der Waals surface area contributed by atoms with Gasteiger partial charge < -0.3 is 15.4 Å². The van der Waals surface area contributed by atoms with E-state index in [1.165, 1.54) is 4.90 Å². The molecule has 0 aromatic heterocycles. The molecule has 2 aromatic rings. The topological polar surface area (TPSA) is 67.4 Å². The van der Waals surface area contributed by atoms with Crippen molar-refractivity contribution in [3.8, 4) is 5.75 Å². The fourth-order valence-corrected chi connectivity index (χ4v) is 3.33. The average molecular weight is 385 g/mol. The molecular weight excluding hydrogens is 360 g/mol. The molecule has 27 heavy (non-hydrogen) atoms. The number of ether oxygens (including phenoxy) is 1. The number of carbonyl (C=O) groups excluding carboxylic acids is 2. The summed E-state index contributed by atoms with van der Waals surface area (Å²) in [5.74, 6) is 1.58. The lowest BCUT2D eigenvalue weighted by Crippen LogP contribution is -2.29. The lowest BCUT2D eigenvalue weighted by atomic mass is 10.3. The molecule has 1 fully saturated rings. The first kappa shape index (κ1) is 19.3. The van der Waals surface area contributed by atoms with Gasteiger partial charge in [0.15, 0.2) is 6.61 Å². The highest BCUT2D eigenvalue weighted by Gasteiger charge is 2.29. The lowest BCUT2D eigenvalue weighted by molar-refractivity contribution is -0.123. The molecule has 0 heterocycles. The third kappa shape index (κ3) is 6.98. The first-order valence-corrected chi connectivity index (χ1v) is 10.2. The Hall–Kier alpha value is -2.47. The minimum atomic E-state index is -0.146. The summed E-state index contributed by atoms with van der Waals surface area (Å²) < 4.78 is 5.52. The van der Waals surface area contributed by atoms with Gasteiger partial charge in [-0.25, -0.2) is 0 Å². The molecule has 0 spiro atoms. The third-order valence-electron chi connectivity index (χ3n) is 4.07. The molecule has 2 N–H and O–H groups in total. The normalized spacial score (nSPS) is 13.0. The number of benzene rings is 2. The van der Waals surface area contributed by atoms with Crippen molar-refractivity contribution in [2.75, 3.05) is 24.2 Å². The van der Waals surface area contributed by atoms with E-state index in [2.05, 4.69) is 22.8 Å². The second-order valence-corrected chi connectivity index (χ2v) is 7.61. The van der Waals surface area contributed by atoms with Crippen LogP contribution in [0.25, 0.3) is 0 Å². The van der Waals surface area contributed by atoms with Crippen molar-refractivity contribution < 1.29 is 14.3 Å². The number of hydrogen-bond donors (Lipinski definition) is 2. The van der Waals surface area contributed by atoms with Crippen LogP contribution < -0.4 is 15.4 Å². The largest absolute Gasteiger partial charge is 0.484 e. The summed E-state index contributed by atoms with van der Waals surface area (Å²) in [6.45, 7) is 0.589. The van der Waals surface area contributed by atoms with Crippen molar-refractivity contribution in [1.29, 1.82) is 0 Å². The second kappa shape index (κ2) is 10.0. The van der Waals surface area contributed by atoms with E-state index in [4.69, 9.17) is 4.74 Å². The van der Waals surface area contributed by atoms with Crippen molar-refractivity contribution in [3.63, 3.8) is 0 Å². The summed E-state index contributed by atoms with van der Waals surface area (Å²) in [6, 6.07) is 17.3. The number of thioether (sulfide) groups is 1. The van der Waals surface area contributed by atoms with E-state index in [1.54, 1.807) is 30.0 Å². The fraction of sp³-hybridized carbons (Fsp3) is 0.333. The summed E-state index contributed by atoms with van der Waals surface area (Å²) >= 11 is 1.78. The van der Waals surface area contributed by atoms with E-state index >= 15 is 0 Å². The lowest BCUT2D eigenvalue weighted by Gasteiger charge is -2.09. The molecule has 0 aliphatic heterocycles. The fourth-order valence-electron chi connectivity index (χ4n) is 2.46. The summed E-state index contributed by atoms with van der Waals surface area (Å²) in [4.78, 5) is 24.9. The van der Waals surface area contributed by atoms with Crippen molar-refractivity contribution >= 4 is 29.3 Å². The first-order valence-electron chi connectivity index (χ1n) is 9.19. The van der Waals surface area contributed by atoms with Gasteiger partial charge in [-0.2, -0.15) is 0 Å². The minimum absolute atomic E-state index is 0.0359. The van der Waals surface area contributed by atoms with Crippen molar-refractivity contribution in [3.05, 3.63) is 54.6 Å². The van der Waals surface area contributed by atoms with Gasteiger partial charge in [-0.15, -0.1) is 11.8 Å². The molecule has 2 amide bonds. The molecule has 1 aliphatic rings. The molecule has 2 aromatic carbocycles. The van der Waals surface area contributed by atoms with Gasteiger partial charge in [0, 0.05) is 29.1 Å². The number of amides is 2. The summed E-state index contributed by atoms with van der Waals surface area (Å²) in [5.41, 5.74) is 0.697. The molecule has 5 nitrogen and oxygen atoms in total. The number of nitrogens with one attached hydrogen (secondary N) is 2. The monoisotopic (exact) mass is 384 g/mol. The van der Waals surface area contributed by atoms with Crippen molar-refractivity contribution in [2.45, 2.75) is 24.2 Å². The maximum Gasteiger partial charge on any atom is 0.257 e. The molecule has 0 saturated heterocycles. The Kier molecular flexibility index (Phi) is 7.16. The van der Waals surface area contributed by atoms with Crippen LogP contribution in [0.1, 0.15) is 19.3 Å². The molecule has 0 radical (unpaired) electrons. The van der Waals surface area contributed by atoms with E-state index in [-0.39, 0.29) is 24.3 Å². The molecule has 142 valence electrons. The third-order valence-corrected chi connectivity index (χ3v) is 5.17. The Bertz CT molecular complexity index is 763. The second-order valence-electron chi connectivity index (χ2n) is 6.45. The van der Waals surface area contributed by atoms with Crippen molar-refractivity contribution in [2.24, 2.45) is 5.92 Å². The Balaban J connectivity index is 1.31. The number of carbonyl (C=O) groups is 2. The molecule has 0 bridgehead atoms. The Morgan fingerprint density at radius 3 is 2.67 bits per heavy atom. The molecule has 6 heteroatoms. The number of hydrogen-bond acceptors (Lipinski definition) is 4. The molecule has 1 aliphatic carbocycles. The first-order chi connectivity index (χ1) is 13.2. The number of rotatable bonds is 10. The van der Waals surface area contributed by atoms with Gasteiger partial charge >= 0.3 is 0 Å². The Labute approximate surface area is 163 Å². The molecule has 3 rings (SSSR count). The van der Waals surface area contributed by atoms with Gasteiger partial charge in [0.05, 0.1) is 0 Å². The highest BCUT2D eigenvalue weighted by Crippen LogP contribution is 2.30. The van der Waals surface area contributed by atoms with E-state index in [0.717, 1.165) is 25.0 Å². The highest BCUT2D eigenvalue weighted by molar-refractivity contribution is 7.99. The quantitative estimate of drug-likeness (QED) is 0.484. The van der Waals surface area contributed by atoms with Crippen LogP contribution in [0.5, 0.6) is 5.75 Å². The van der Waals surface area contributed by atoms with Crippen LogP contribution in [-0.2, 0) is 9.59 Å². The van der Waals surface area contributed by atoms with Crippen molar-refractivity contribution in [1.82, 2.24) is 5.32 Å². The summed E-state index contributed by atoms with van der Waals surface area (Å²) in [7, 11) is 0. The van der Waals surface area contributed by atoms with E-state index in [9.17, 15) is 9.59 Å². The summed E-state index contributed by atoms with van der Waals surface area (Å²) in [6.07, 6.45) is 2.83. The van der Waals surface area contributed by atoms with Crippen LogP contribution >= 0.6 is 11.8 Å². The van der Waals surface area contributed by atoms with Crippen LogP contribution in [0.2, 0.25) is 0 Å². The maximum absolute atomic E-state index is 11.9. The minimum Gasteiger partial charge on any atom is -0.484 e. The Morgan fingerprint density at radius 2 is 1.89 bits per heavy atom. The number of anilines is 1. The average Bonchev–Trinajstić information content (AvgIpc) is 3.53. The predicted octanol–water partition coefficient (Wildman–Crippen LogP) is 3.71. The maximum atomic E-state index is 11.9. The SMILES string of the molecule is O=C(COc1cccc(NC(=O)C2CC2)c1)NCCCSc1ccccc1. The summed E-state index contributed by atoms with van der Waals surface area (Å²) in [5, 5.41) is 5.73. The highest BCUT2D eigenvalue weighted by atomic mass is 32.2. The van der Waals surface area contributed by atoms with Crippen LogP contribution in [0.3, 0.4) is 0 Å². The standard InChI is InChI=1S/C21H24N2O3S/c24-20(22-12-5-13-27-19-8-2-1-3-9-19)15-26-18-7-4-6-17(14-18)23-21(25)16-10-11-16/h1-4,6-9,14,16H,5,10-13,15H2,(H,22,24)(H,23,25). The van der Waals surface area contributed by atoms with Crippen LogP contribution in [0.4, 0.5) is 5.69 Å². The van der Waals surface area contributed by atoms with Gasteiger partial charge in [-0.1, -0.05) is 24.3 Å². The van der Waals surface area contributed by atoms with E-state index in [1.807, 2.05) is 24.3 Å². The van der Waals surface area contributed by atoms with Crippen LogP contribution in [0, 0.1) is 5.92 Å². The molecule has 1 saturated carbocycles. The van der Waals surface area contributed by atoms with Gasteiger partial charge in [0.1, 0.15) is 5.75 Å². The van der Waals surface area contributed by atoms with Gasteiger partial charge in [-0.05, 0) is 49.3 Å². The zero-order valence-electron chi connectivity index (χ0n) is 15.1. The zero-order valence-corrected chi connectivity index (χ0v) is 16.0. The molecule has 0 atom stereocenters. The smallest absolute Gasteiger partial charge is 0.257 e. The molecule has 0 unspecified atom stereocenters. The predicted molar refractivity (Wildman–Crippen MR) is 108 cm³/mol. The van der Waals surface area contributed by atoms with Gasteiger partial charge in [0.25, 0.3) is 5.91 Å². The van der Waals surface area contributed by atoms with Gasteiger partial charge in [-0.3, -0.25) is 9.59 Å².